The highest BCUT2D eigenvalue weighted by molar-refractivity contribution is 7.88. The molecule has 1 aromatic carbocycles. The van der Waals surface area contributed by atoms with Gasteiger partial charge < -0.3 is 0 Å². The van der Waals surface area contributed by atoms with Gasteiger partial charge in [-0.3, -0.25) is 0 Å². The lowest BCUT2D eigenvalue weighted by atomic mass is 10.1. The predicted molar refractivity (Wildman–Crippen MR) is 80.8 cm³/mol. The largest absolute Gasteiger partial charge is 0.216 e. The molecule has 2 aromatic rings. The van der Waals surface area contributed by atoms with Crippen molar-refractivity contribution < 1.29 is 12.8 Å². The van der Waals surface area contributed by atoms with Gasteiger partial charge in [0.05, 0.1) is 24.7 Å². The highest BCUT2D eigenvalue weighted by Gasteiger charge is 2.22. The van der Waals surface area contributed by atoms with Gasteiger partial charge in [-0.15, -0.1) is 0 Å². The van der Waals surface area contributed by atoms with Crippen LogP contribution in [-0.2, 0) is 22.3 Å². The maximum Gasteiger partial charge on any atom is 0.216 e. The summed E-state index contributed by atoms with van der Waals surface area (Å²) in [6.07, 6.45) is 3.09. The summed E-state index contributed by atoms with van der Waals surface area (Å²) in [4.78, 5) is 1.45. The summed E-state index contributed by atoms with van der Waals surface area (Å²) in [5, 5.41) is 7.98. The van der Waals surface area contributed by atoms with Crippen LogP contribution in [0.5, 0.6) is 0 Å². The van der Waals surface area contributed by atoms with E-state index in [1.807, 2.05) is 13.8 Å². The van der Waals surface area contributed by atoms with E-state index in [0.717, 1.165) is 0 Å². The normalized spacial score (nSPS) is 13.5. The Hall–Kier alpha value is -1.80. The standard InChI is InChI=1S/C14H19FN4O2S/c1-11(2)14(9-19-16-7-8-17-19)18-22(20,21)10-12-3-5-13(15)6-4-12/h3-8,11,14,18H,9-10H2,1-2H3. The van der Waals surface area contributed by atoms with Crippen LogP contribution >= 0.6 is 0 Å². The van der Waals surface area contributed by atoms with Gasteiger partial charge in [0, 0.05) is 6.04 Å². The zero-order valence-corrected chi connectivity index (χ0v) is 13.3. The minimum absolute atomic E-state index is 0.0778. The molecule has 0 bridgehead atoms. The first kappa shape index (κ1) is 16.6. The third kappa shape index (κ3) is 4.88. The van der Waals surface area contributed by atoms with E-state index in [9.17, 15) is 12.8 Å². The van der Waals surface area contributed by atoms with Gasteiger partial charge in [0.1, 0.15) is 5.82 Å². The fourth-order valence-corrected chi connectivity index (χ4v) is 3.49. The van der Waals surface area contributed by atoms with Crippen LogP contribution in [0.3, 0.4) is 0 Å². The zero-order valence-electron chi connectivity index (χ0n) is 12.5. The summed E-state index contributed by atoms with van der Waals surface area (Å²) in [5.41, 5.74) is 0.536. The molecule has 1 aromatic heterocycles. The highest BCUT2D eigenvalue weighted by atomic mass is 32.2. The Morgan fingerprint density at radius 2 is 1.77 bits per heavy atom. The van der Waals surface area contributed by atoms with Crippen LogP contribution in [0, 0.1) is 11.7 Å². The Morgan fingerprint density at radius 3 is 2.32 bits per heavy atom. The van der Waals surface area contributed by atoms with E-state index in [1.54, 1.807) is 12.4 Å². The molecule has 0 aliphatic carbocycles. The van der Waals surface area contributed by atoms with Gasteiger partial charge in [-0.1, -0.05) is 26.0 Å². The van der Waals surface area contributed by atoms with E-state index in [0.29, 0.717) is 12.1 Å². The Labute approximate surface area is 129 Å². The second kappa shape index (κ2) is 6.97. The fourth-order valence-electron chi connectivity index (χ4n) is 1.97. The molecule has 0 saturated carbocycles. The minimum Gasteiger partial charge on any atom is -0.212 e. The van der Waals surface area contributed by atoms with E-state index in [2.05, 4.69) is 14.9 Å². The molecule has 0 amide bonds. The number of aromatic nitrogens is 3. The molecule has 6 nitrogen and oxygen atoms in total. The highest BCUT2D eigenvalue weighted by Crippen LogP contribution is 2.10. The van der Waals surface area contributed by atoms with E-state index >= 15 is 0 Å². The Balaban J connectivity index is 2.05. The maximum atomic E-state index is 12.9. The summed E-state index contributed by atoms with van der Waals surface area (Å²) in [5.74, 6) is -0.504. The van der Waals surface area contributed by atoms with Crippen molar-refractivity contribution in [1.82, 2.24) is 19.7 Å². The summed E-state index contributed by atoms with van der Waals surface area (Å²) in [6.45, 7) is 4.20. The summed E-state index contributed by atoms with van der Waals surface area (Å²) < 4.78 is 40.1. The molecule has 1 N–H and O–H groups in total. The molecule has 0 saturated heterocycles. The van der Waals surface area contributed by atoms with Crippen molar-refractivity contribution in [2.24, 2.45) is 5.92 Å². The van der Waals surface area contributed by atoms with Crippen LogP contribution in [0.15, 0.2) is 36.7 Å². The fraction of sp³-hybridized carbons (Fsp3) is 0.429. The number of rotatable bonds is 7. The third-order valence-corrected chi connectivity index (χ3v) is 4.61. The molecule has 1 unspecified atom stereocenters. The average Bonchev–Trinajstić information content (AvgIpc) is 2.93. The number of hydrogen-bond donors (Lipinski definition) is 1. The van der Waals surface area contributed by atoms with E-state index in [1.165, 1.54) is 29.1 Å². The molecule has 120 valence electrons. The van der Waals surface area contributed by atoms with Gasteiger partial charge in [0.2, 0.25) is 10.0 Å². The molecule has 0 spiro atoms. The van der Waals surface area contributed by atoms with Crippen molar-refractivity contribution in [2.75, 3.05) is 0 Å². The molecular formula is C14H19FN4O2S. The second-order valence-electron chi connectivity index (χ2n) is 5.44. The number of nitrogens with zero attached hydrogens (tertiary/aromatic N) is 3. The molecule has 0 aliphatic heterocycles. The molecule has 0 radical (unpaired) electrons. The first-order valence-corrected chi connectivity index (χ1v) is 8.59. The molecule has 0 aliphatic rings. The van der Waals surface area contributed by atoms with Gasteiger partial charge in [-0.2, -0.15) is 15.0 Å². The van der Waals surface area contributed by atoms with Crippen LogP contribution in [0.2, 0.25) is 0 Å². The van der Waals surface area contributed by atoms with Gasteiger partial charge in [-0.05, 0) is 23.6 Å². The van der Waals surface area contributed by atoms with Crippen molar-refractivity contribution >= 4 is 10.0 Å². The van der Waals surface area contributed by atoms with Crippen molar-refractivity contribution in [2.45, 2.75) is 32.2 Å². The molecule has 22 heavy (non-hydrogen) atoms. The topological polar surface area (TPSA) is 76.9 Å². The summed E-state index contributed by atoms with van der Waals surface area (Å²) in [6, 6.07) is 5.11. The first-order valence-electron chi connectivity index (χ1n) is 6.94. The van der Waals surface area contributed by atoms with Gasteiger partial charge in [0.25, 0.3) is 0 Å². The monoisotopic (exact) mass is 326 g/mol. The van der Waals surface area contributed by atoms with Crippen LogP contribution in [0.4, 0.5) is 4.39 Å². The third-order valence-electron chi connectivity index (χ3n) is 3.23. The number of hydrogen-bond acceptors (Lipinski definition) is 4. The van der Waals surface area contributed by atoms with Crippen LogP contribution in [-0.4, -0.2) is 29.5 Å². The first-order chi connectivity index (χ1) is 10.4. The SMILES string of the molecule is CC(C)C(Cn1nccn1)NS(=O)(=O)Cc1ccc(F)cc1. The molecule has 8 heteroatoms. The van der Waals surface area contributed by atoms with E-state index in [4.69, 9.17) is 0 Å². The van der Waals surface area contributed by atoms with E-state index < -0.39 is 10.0 Å². The molecule has 2 rings (SSSR count). The number of halogens is 1. The van der Waals surface area contributed by atoms with Gasteiger partial charge in [0.15, 0.2) is 0 Å². The van der Waals surface area contributed by atoms with Crippen LogP contribution in [0.1, 0.15) is 19.4 Å². The van der Waals surface area contributed by atoms with Crippen LogP contribution < -0.4 is 4.72 Å². The lowest BCUT2D eigenvalue weighted by Crippen LogP contribution is -2.42. The van der Waals surface area contributed by atoms with Crippen molar-refractivity contribution in [3.8, 4) is 0 Å². The van der Waals surface area contributed by atoms with Crippen LogP contribution in [0.25, 0.3) is 0 Å². The molecule has 1 heterocycles. The number of sulfonamides is 1. The second-order valence-corrected chi connectivity index (χ2v) is 7.19. The maximum absolute atomic E-state index is 12.9. The molecule has 1 atom stereocenters. The lowest BCUT2D eigenvalue weighted by Gasteiger charge is -2.21. The minimum atomic E-state index is -3.54. The number of benzene rings is 1. The smallest absolute Gasteiger partial charge is 0.212 e. The Kier molecular flexibility index (Phi) is 5.25. The van der Waals surface area contributed by atoms with Crippen molar-refractivity contribution in [1.29, 1.82) is 0 Å². The van der Waals surface area contributed by atoms with Crippen molar-refractivity contribution in [3.63, 3.8) is 0 Å². The zero-order chi connectivity index (χ0) is 16.2. The Morgan fingerprint density at radius 1 is 1.18 bits per heavy atom. The predicted octanol–water partition coefficient (Wildman–Crippen LogP) is 1.56. The molecule has 0 fully saturated rings. The lowest BCUT2D eigenvalue weighted by molar-refractivity contribution is 0.361. The summed E-state index contributed by atoms with van der Waals surface area (Å²) in [7, 11) is -3.54. The number of nitrogens with one attached hydrogen (secondary N) is 1. The average molecular weight is 326 g/mol. The summed E-state index contributed by atoms with van der Waals surface area (Å²) >= 11 is 0. The Bertz CT molecular complexity index is 684. The van der Waals surface area contributed by atoms with Gasteiger partial charge >= 0.3 is 0 Å². The van der Waals surface area contributed by atoms with Gasteiger partial charge in [-0.25, -0.2) is 17.5 Å². The quantitative estimate of drug-likeness (QED) is 0.838. The molecular weight excluding hydrogens is 307 g/mol. The van der Waals surface area contributed by atoms with E-state index in [-0.39, 0.29) is 23.5 Å². The van der Waals surface area contributed by atoms with Crippen molar-refractivity contribution in [3.05, 3.63) is 48.0 Å².